The predicted octanol–water partition coefficient (Wildman–Crippen LogP) is 6.80. The van der Waals surface area contributed by atoms with Crippen LogP contribution in [0.15, 0.2) is 152 Å². The lowest BCUT2D eigenvalue weighted by molar-refractivity contribution is -0.103. The third kappa shape index (κ3) is 6.92. The lowest BCUT2D eigenvalue weighted by atomic mass is 9.64. The van der Waals surface area contributed by atoms with Crippen molar-refractivity contribution < 1.29 is 33.7 Å². The maximum Gasteiger partial charge on any atom is 0.344 e. The number of hydrogen-bond acceptors (Lipinski definition) is 12. The Morgan fingerprint density at radius 2 is 1.38 bits per heavy atom. The van der Waals surface area contributed by atoms with Crippen LogP contribution in [0, 0.1) is 11.3 Å². The average Bonchev–Trinajstić information content (AvgIpc) is 3.88. The maximum absolute atomic E-state index is 14.9. The number of fused-ring (bicyclic) bond motifs is 1. The van der Waals surface area contributed by atoms with Crippen molar-refractivity contribution in [1.82, 2.24) is 19.5 Å². The molecule has 2 aromatic heterocycles. The fourth-order valence-electron chi connectivity index (χ4n) is 7.67. The Kier molecular flexibility index (Phi) is 10.7. The van der Waals surface area contributed by atoms with Crippen molar-refractivity contribution in [3.63, 3.8) is 0 Å². The molecule has 0 radical (unpaired) electrons. The zero-order valence-electron chi connectivity index (χ0n) is 31.1. The van der Waals surface area contributed by atoms with Gasteiger partial charge in [0.25, 0.3) is 0 Å². The standard InChI is InChI=1S/C45H36N6O7/c1-55-50-41-38-42(48-27-47-41)51(28-49-38)37-25-35(52)39(57-37)40(45(30-16-5-2-6-17-30,31-18-7-3-8-19-31)32-20-9-4-10-21-32)58-44(54)34-23-13-12-22-33(34)43(53)56-36-24-14-11-15-29(36)26-46/h2-24,27-28,35,37,39-40,52H,25H2,1H3,(H,47,48,50)/t35-,37+,39-,40?/m0/s1. The highest BCUT2D eigenvalue weighted by Crippen LogP contribution is 2.48. The molecule has 0 aliphatic carbocycles. The predicted molar refractivity (Wildman–Crippen MR) is 211 cm³/mol. The van der Waals surface area contributed by atoms with E-state index in [4.69, 9.17) is 19.0 Å². The summed E-state index contributed by atoms with van der Waals surface area (Å²) < 4.78 is 20.9. The van der Waals surface area contributed by atoms with Gasteiger partial charge in [-0.2, -0.15) is 5.26 Å². The lowest BCUT2D eigenvalue weighted by Crippen LogP contribution is -2.53. The molecular formula is C45H36N6O7. The molecule has 8 rings (SSSR count). The van der Waals surface area contributed by atoms with Gasteiger partial charge in [-0.1, -0.05) is 115 Å². The Balaban J connectivity index is 1.28. The zero-order valence-corrected chi connectivity index (χ0v) is 31.1. The zero-order chi connectivity index (χ0) is 40.1. The third-order valence-electron chi connectivity index (χ3n) is 10.2. The van der Waals surface area contributed by atoms with E-state index in [-0.39, 0.29) is 28.9 Å². The van der Waals surface area contributed by atoms with Crippen LogP contribution in [-0.4, -0.2) is 62.0 Å². The fourth-order valence-corrected chi connectivity index (χ4v) is 7.67. The first-order chi connectivity index (χ1) is 28.4. The number of carbonyl (C=O) groups excluding carboxylic acids is 2. The molecule has 0 bridgehead atoms. The number of aliphatic hydroxyl groups excluding tert-OH is 1. The van der Waals surface area contributed by atoms with Crippen molar-refractivity contribution in [2.45, 2.75) is 36.4 Å². The first-order valence-electron chi connectivity index (χ1n) is 18.4. The van der Waals surface area contributed by atoms with Crippen LogP contribution in [0.4, 0.5) is 5.82 Å². The van der Waals surface area contributed by atoms with E-state index in [0.717, 1.165) is 16.7 Å². The number of anilines is 1. The molecule has 1 unspecified atom stereocenters. The lowest BCUT2D eigenvalue weighted by Gasteiger charge is -2.44. The van der Waals surface area contributed by atoms with E-state index in [0.29, 0.717) is 17.0 Å². The molecule has 0 saturated carbocycles. The summed E-state index contributed by atoms with van der Waals surface area (Å²) in [4.78, 5) is 46.9. The van der Waals surface area contributed by atoms with Crippen molar-refractivity contribution >= 4 is 28.9 Å². The molecule has 1 saturated heterocycles. The number of benzene rings is 5. The van der Waals surface area contributed by atoms with Crippen LogP contribution in [-0.2, 0) is 19.7 Å². The number of para-hydroxylation sites is 1. The molecule has 13 nitrogen and oxygen atoms in total. The summed E-state index contributed by atoms with van der Waals surface area (Å²) in [6.45, 7) is 0. The van der Waals surface area contributed by atoms with Crippen molar-refractivity contribution in [2.24, 2.45) is 0 Å². The Morgan fingerprint density at radius 1 is 0.810 bits per heavy atom. The number of carbonyl (C=O) groups is 2. The summed E-state index contributed by atoms with van der Waals surface area (Å²) in [6, 6.07) is 43.2. The van der Waals surface area contributed by atoms with Gasteiger partial charge in [0.05, 0.1) is 41.6 Å². The van der Waals surface area contributed by atoms with E-state index in [2.05, 4.69) is 20.4 Å². The van der Waals surface area contributed by atoms with Gasteiger partial charge in [-0.15, -0.1) is 0 Å². The van der Waals surface area contributed by atoms with Gasteiger partial charge in [0, 0.05) is 6.42 Å². The van der Waals surface area contributed by atoms with E-state index < -0.39 is 41.9 Å². The van der Waals surface area contributed by atoms with Crippen LogP contribution in [0.2, 0.25) is 0 Å². The number of esters is 2. The molecule has 7 aromatic rings. The number of aromatic nitrogens is 4. The average molecular weight is 773 g/mol. The Hall–Kier alpha value is -7.24. The fraction of sp³-hybridized carbons (Fsp3) is 0.156. The van der Waals surface area contributed by atoms with Crippen LogP contribution in [0.5, 0.6) is 5.75 Å². The highest BCUT2D eigenvalue weighted by Gasteiger charge is 2.55. The Labute approximate surface area is 333 Å². The first kappa shape index (κ1) is 37.7. The molecule has 1 aliphatic rings. The quantitative estimate of drug-likeness (QED) is 0.0577. The molecule has 3 heterocycles. The molecule has 5 aromatic carbocycles. The third-order valence-corrected chi connectivity index (χ3v) is 10.2. The largest absolute Gasteiger partial charge is 0.454 e. The minimum absolute atomic E-state index is 0.0447. The second kappa shape index (κ2) is 16.5. The van der Waals surface area contributed by atoms with Gasteiger partial charge in [0.15, 0.2) is 17.0 Å². The van der Waals surface area contributed by atoms with Gasteiger partial charge in [-0.05, 0) is 41.0 Å². The summed E-state index contributed by atoms with van der Waals surface area (Å²) in [5, 5.41) is 21.8. The van der Waals surface area contributed by atoms with Crippen molar-refractivity contribution in [2.75, 3.05) is 12.6 Å². The molecule has 288 valence electrons. The number of nitrogens with zero attached hydrogens (tertiary/aromatic N) is 5. The van der Waals surface area contributed by atoms with Crippen LogP contribution in [0.25, 0.3) is 11.2 Å². The highest BCUT2D eigenvalue weighted by molar-refractivity contribution is 6.04. The smallest absolute Gasteiger partial charge is 0.344 e. The number of imidazole rings is 1. The molecular weight excluding hydrogens is 737 g/mol. The summed E-state index contributed by atoms with van der Waals surface area (Å²) in [5.41, 5.74) is 4.49. The molecule has 0 spiro atoms. The normalized spacial score (nSPS) is 16.9. The number of nitrogens with one attached hydrogen (secondary N) is 1. The van der Waals surface area contributed by atoms with E-state index in [9.17, 15) is 20.0 Å². The van der Waals surface area contributed by atoms with Crippen molar-refractivity contribution in [3.8, 4) is 11.8 Å². The summed E-state index contributed by atoms with van der Waals surface area (Å²) in [5.74, 6) is -1.34. The maximum atomic E-state index is 14.9. The number of ether oxygens (including phenoxy) is 3. The number of aliphatic hydroxyl groups is 1. The highest BCUT2D eigenvalue weighted by atomic mass is 16.6. The monoisotopic (exact) mass is 772 g/mol. The van der Waals surface area contributed by atoms with Gasteiger partial charge in [-0.25, -0.2) is 30.0 Å². The molecule has 4 atom stereocenters. The van der Waals surface area contributed by atoms with Gasteiger partial charge < -0.3 is 19.3 Å². The summed E-state index contributed by atoms with van der Waals surface area (Å²) in [7, 11) is 1.46. The van der Waals surface area contributed by atoms with Crippen LogP contribution < -0.4 is 10.2 Å². The molecule has 13 heteroatoms. The van der Waals surface area contributed by atoms with Gasteiger partial charge in [0.1, 0.15) is 36.6 Å². The minimum atomic E-state index is -1.30. The molecule has 0 amide bonds. The topological polar surface area (TPSA) is 171 Å². The van der Waals surface area contributed by atoms with E-state index in [1.165, 1.54) is 37.7 Å². The second-order valence-corrected chi connectivity index (χ2v) is 13.5. The number of rotatable bonds is 12. The Morgan fingerprint density at radius 3 is 1.98 bits per heavy atom. The van der Waals surface area contributed by atoms with Crippen LogP contribution in [0.3, 0.4) is 0 Å². The van der Waals surface area contributed by atoms with Gasteiger partial charge >= 0.3 is 11.9 Å². The van der Waals surface area contributed by atoms with Crippen molar-refractivity contribution in [1.29, 1.82) is 5.26 Å². The first-order valence-corrected chi connectivity index (χ1v) is 18.4. The van der Waals surface area contributed by atoms with Gasteiger partial charge in [0.2, 0.25) is 0 Å². The Bertz CT molecular complexity index is 2500. The van der Waals surface area contributed by atoms with Crippen molar-refractivity contribution in [3.05, 3.63) is 186 Å². The molecule has 2 N–H and O–H groups in total. The molecule has 1 aliphatic heterocycles. The molecule has 58 heavy (non-hydrogen) atoms. The summed E-state index contributed by atoms with van der Waals surface area (Å²) in [6.07, 6.45) is -1.43. The number of hydrogen-bond donors (Lipinski definition) is 2. The van der Waals surface area contributed by atoms with E-state index in [1.54, 1.807) is 35.2 Å². The second-order valence-electron chi connectivity index (χ2n) is 13.5. The SMILES string of the molecule is CONc1ncnc2c1ncn2[C@H]1C[C@H](O)[C@@H](C(OC(=O)c2ccccc2C(=O)Oc2ccccc2C#N)C(c2ccccc2)(c2ccccc2)c2ccccc2)O1. The summed E-state index contributed by atoms with van der Waals surface area (Å²) >= 11 is 0. The molecule has 1 fully saturated rings. The van der Waals surface area contributed by atoms with Crippen LogP contribution >= 0.6 is 0 Å². The van der Waals surface area contributed by atoms with E-state index in [1.807, 2.05) is 97.1 Å². The number of nitriles is 1. The van der Waals surface area contributed by atoms with Gasteiger partial charge in [-0.3, -0.25) is 9.40 Å². The van der Waals surface area contributed by atoms with Crippen LogP contribution in [0.1, 0.15) is 55.6 Å². The minimum Gasteiger partial charge on any atom is -0.454 e. The van der Waals surface area contributed by atoms with E-state index >= 15 is 0 Å².